The van der Waals surface area contributed by atoms with Crippen LogP contribution >= 0.6 is 0 Å². The third kappa shape index (κ3) is 1.53. The van der Waals surface area contributed by atoms with Gasteiger partial charge in [0.25, 0.3) is 0 Å². The Labute approximate surface area is 84.1 Å². The maximum Gasteiger partial charge on any atom is 0.0709 e. The first-order valence-electron chi connectivity index (χ1n) is 4.85. The normalized spacial score (nSPS) is 10.4. The third-order valence-electron chi connectivity index (χ3n) is 2.39. The summed E-state index contributed by atoms with van der Waals surface area (Å²) >= 11 is 0. The molecule has 1 aromatic carbocycles. The largest absolute Gasteiger partial charge is 0.248 e. The number of hydrogen-bond acceptors (Lipinski definition) is 1. The number of hydrogen-bond donors (Lipinski definition) is 0. The van der Waals surface area contributed by atoms with E-state index in [4.69, 9.17) is 0 Å². The number of fused-ring (bicyclic) bond motifs is 1. The summed E-state index contributed by atoms with van der Waals surface area (Å²) in [5.74, 6) is 0. The molecule has 0 aliphatic rings. The second kappa shape index (κ2) is 3.62. The zero-order valence-electron chi connectivity index (χ0n) is 8.33. The fourth-order valence-corrected chi connectivity index (χ4v) is 1.44. The smallest absolute Gasteiger partial charge is 0.0709 e. The third-order valence-corrected chi connectivity index (χ3v) is 2.39. The minimum Gasteiger partial charge on any atom is -0.248 e. The highest BCUT2D eigenvalue weighted by Crippen LogP contribution is 2.17. The van der Waals surface area contributed by atoms with Crippen molar-refractivity contribution in [3.05, 3.63) is 48.7 Å². The molecule has 0 atom stereocenters. The van der Waals surface area contributed by atoms with Crippen LogP contribution in [0.2, 0.25) is 0 Å². The van der Waals surface area contributed by atoms with Gasteiger partial charge >= 0.3 is 0 Å². The maximum absolute atomic E-state index is 4.55. The molecule has 0 fully saturated rings. The van der Waals surface area contributed by atoms with Crippen molar-refractivity contribution in [1.82, 2.24) is 4.98 Å². The molecule has 2 aromatic rings. The van der Waals surface area contributed by atoms with Gasteiger partial charge in [0, 0.05) is 5.39 Å². The molecule has 14 heavy (non-hydrogen) atoms. The fourth-order valence-electron chi connectivity index (χ4n) is 1.44. The summed E-state index contributed by atoms with van der Waals surface area (Å²) < 4.78 is 0. The predicted molar refractivity (Wildman–Crippen MR) is 61.1 cm³/mol. The molecular formula is C13H13N. The summed E-state index contributed by atoms with van der Waals surface area (Å²) in [4.78, 5) is 4.55. The average molecular weight is 183 g/mol. The molecule has 0 saturated heterocycles. The Kier molecular flexibility index (Phi) is 2.32. The Morgan fingerprint density at radius 2 is 2.00 bits per heavy atom. The highest BCUT2D eigenvalue weighted by Gasteiger charge is 1.99. The summed E-state index contributed by atoms with van der Waals surface area (Å²) in [5, 5.41) is 1.18. The van der Waals surface area contributed by atoms with Crippen molar-refractivity contribution < 1.29 is 0 Å². The van der Waals surface area contributed by atoms with Crippen molar-refractivity contribution in [1.29, 1.82) is 0 Å². The van der Waals surface area contributed by atoms with Crippen molar-refractivity contribution in [3.63, 3.8) is 0 Å². The van der Waals surface area contributed by atoms with E-state index in [0.717, 1.165) is 23.2 Å². The average Bonchev–Trinajstić information content (AvgIpc) is 2.27. The van der Waals surface area contributed by atoms with Crippen molar-refractivity contribution in [3.8, 4) is 0 Å². The van der Waals surface area contributed by atoms with Gasteiger partial charge in [-0.05, 0) is 24.1 Å². The molecule has 0 unspecified atom stereocenters. The van der Waals surface area contributed by atoms with Crippen LogP contribution in [0.4, 0.5) is 0 Å². The van der Waals surface area contributed by atoms with E-state index < -0.39 is 0 Å². The highest BCUT2D eigenvalue weighted by atomic mass is 14.7. The molecule has 70 valence electrons. The zero-order chi connectivity index (χ0) is 9.97. The summed E-state index contributed by atoms with van der Waals surface area (Å²) in [6, 6.07) is 12.3. The van der Waals surface area contributed by atoms with Gasteiger partial charge in [0.2, 0.25) is 0 Å². The SMILES string of the molecule is C=C(CC)c1ccc2ccccc2n1. The van der Waals surface area contributed by atoms with Crippen LogP contribution in [0.3, 0.4) is 0 Å². The lowest BCUT2D eigenvalue weighted by Gasteiger charge is -2.03. The van der Waals surface area contributed by atoms with Crippen molar-refractivity contribution in [2.45, 2.75) is 13.3 Å². The molecule has 1 heteroatoms. The lowest BCUT2D eigenvalue weighted by Crippen LogP contribution is -1.87. The van der Waals surface area contributed by atoms with Gasteiger partial charge in [0.15, 0.2) is 0 Å². The van der Waals surface area contributed by atoms with Crippen LogP contribution in [0.1, 0.15) is 19.0 Å². The summed E-state index contributed by atoms with van der Waals surface area (Å²) in [7, 11) is 0. The van der Waals surface area contributed by atoms with E-state index in [2.05, 4.69) is 30.6 Å². The van der Waals surface area contributed by atoms with Gasteiger partial charge in [-0.15, -0.1) is 0 Å². The minimum absolute atomic E-state index is 0.950. The van der Waals surface area contributed by atoms with Gasteiger partial charge in [-0.3, -0.25) is 0 Å². The predicted octanol–water partition coefficient (Wildman–Crippen LogP) is 3.66. The molecule has 0 radical (unpaired) electrons. The van der Waals surface area contributed by atoms with Crippen LogP contribution in [-0.4, -0.2) is 4.98 Å². The summed E-state index contributed by atoms with van der Waals surface area (Å²) in [6.45, 7) is 6.08. The van der Waals surface area contributed by atoms with Gasteiger partial charge < -0.3 is 0 Å². The number of benzene rings is 1. The Bertz CT molecular complexity index is 471. The fraction of sp³-hybridized carbons (Fsp3) is 0.154. The van der Waals surface area contributed by atoms with Crippen molar-refractivity contribution in [2.75, 3.05) is 0 Å². The van der Waals surface area contributed by atoms with E-state index in [1.807, 2.05) is 24.3 Å². The van der Waals surface area contributed by atoms with Crippen LogP contribution in [0.25, 0.3) is 16.5 Å². The second-order valence-corrected chi connectivity index (χ2v) is 3.35. The molecule has 2 rings (SSSR count). The molecule has 0 saturated carbocycles. The Morgan fingerprint density at radius 3 is 2.79 bits per heavy atom. The number of allylic oxidation sites excluding steroid dienone is 1. The number of nitrogens with zero attached hydrogens (tertiary/aromatic N) is 1. The Balaban J connectivity index is 2.56. The zero-order valence-corrected chi connectivity index (χ0v) is 8.33. The van der Waals surface area contributed by atoms with E-state index in [1.165, 1.54) is 5.39 Å². The topological polar surface area (TPSA) is 12.9 Å². The van der Waals surface area contributed by atoms with Crippen molar-refractivity contribution in [2.24, 2.45) is 0 Å². The molecule has 1 aromatic heterocycles. The molecule has 0 bridgehead atoms. The monoisotopic (exact) mass is 183 g/mol. The molecule has 0 amide bonds. The van der Waals surface area contributed by atoms with E-state index in [-0.39, 0.29) is 0 Å². The first-order valence-corrected chi connectivity index (χ1v) is 4.85. The molecule has 0 aliphatic carbocycles. The Hall–Kier alpha value is -1.63. The van der Waals surface area contributed by atoms with Crippen LogP contribution in [0, 0.1) is 0 Å². The lowest BCUT2D eigenvalue weighted by atomic mass is 10.1. The van der Waals surface area contributed by atoms with Crippen LogP contribution in [0.15, 0.2) is 43.0 Å². The molecule has 1 nitrogen and oxygen atoms in total. The highest BCUT2D eigenvalue weighted by molar-refractivity contribution is 5.80. The molecular weight excluding hydrogens is 170 g/mol. The number of rotatable bonds is 2. The molecule has 1 heterocycles. The van der Waals surface area contributed by atoms with Crippen LogP contribution < -0.4 is 0 Å². The second-order valence-electron chi connectivity index (χ2n) is 3.35. The van der Waals surface area contributed by atoms with Gasteiger partial charge in [0.1, 0.15) is 0 Å². The van der Waals surface area contributed by atoms with Crippen molar-refractivity contribution >= 4 is 16.5 Å². The van der Waals surface area contributed by atoms with Gasteiger partial charge in [-0.25, -0.2) is 4.98 Å². The van der Waals surface area contributed by atoms with Gasteiger partial charge in [0.05, 0.1) is 11.2 Å². The number of aromatic nitrogens is 1. The molecule has 0 aliphatic heterocycles. The number of para-hydroxylation sites is 1. The van der Waals surface area contributed by atoms with Crippen LogP contribution in [0.5, 0.6) is 0 Å². The first-order chi connectivity index (χ1) is 6.81. The summed E-state index contributed by atoms with van der Waals surface area (Å²) in [6.07, 6.45) is 0.950. The Morgan fingerprint density at radius 1 is 1.21 bits per heavy atom. The minimum atomic E-state index is 0.950. The van der Waals surface area contributed by atoms with E-state index in [9.17, 15) is 0 Å². The van der Waals surface area contributed by atoms with Gasteiger partial charge in [-0.2, -0.15) is 0 Å². The lowest BCUT2D eigenvalue weighted by molar-refractivity contribution is 1.20. The maximum atomic E-state index is 4.55. The van der Waals surface area contributed by atoms with Gasteiger partial charge in [-0.1, -0.05) is 37.8 Å². The number of pyridine rings is 1. The van der Waals surface area contributed by atoms with E-state index in [1.54, 1.807) is 0 Å². The van der Waals surface area contributed by atoms with Crippen LogP contribution in [-0.2, 0) is 0 Å². The summed E-state index contributed by atoms with van der Waals surface area (Å²) in [5.41, 5.74) is 3.14. The molecule has 0 spiro atoms. The van der Waals surface area contributed by atoms with E-state index >= 15 is 0 Å². The standard InChI is InChI=1S/C13H13N/c1-3-10(2)12-9-8-11-6-4-5-7-13(11)14-12/h4-9H,2-3H2,1H3. The first kappa shape index (κ1) is 8.95. The molecule has 0 N–H and O–H groups in total. The quantitative estimate of drug-likeness (QED) is 0.692. The van der Waals surface area contributed by atoms with E-state index in [0.29, 0.717) is 0 Å².